The summed E-state index contributed by atoms with van der Waals surface area (Å²) in [5.74, 6) is 1.04. The van der Waals surface area contributed by atoms with Gasteiger partial charge in [-0.2, -0.15) is 0 Å². The van der Waals surface area contributed by atoms with E-state index in [1.807, 2.05) is 38.1 Å². The van der Waals surface area contributed by atoms with E-state index in [0.717, 1.165) is 16.2 Å². The van der Waals surface area contributed by atoms with E-state index in [-0.39, 0.29) is 16.8 Å². The number of ether oxygens (including phenoxy) is 1. The minimum absolute atomic E-state index is 0.0800. The summed E-state index contributed by atoms with van der Waals surface area (Å²) in [6.45, 7) is 4.43. The van der Waals surface area contributed by atoms with Gasteiger partial charge in [-0.15, -0.1) is 11.8 Å². The molecule has 2 rings (SSSR count). The number of carbonyl (C=O) groups excluding carboxylic acids is 1. The van der Waals surface area contributed by atoms with Gasteiger partial charge in [-0.05, 0) is 55.8 Å². The Hall–Kier alpha value is -1.99. The molecule has 1 amide bonds. The van der Waals surface area contributed by atoms with Crippen LogP contribution in [0.5, 0.6) is 5.75 Å². The summed E-state index contributed by atoms with van der Waals surface area (Å²) in [5, 5.41) is 2.92. The van der Waals surface area contributed by atoms with Crippen LogP contribution in [0.3, 0.4) is 0 Å². The molecule has 0 fully saturated rings. The first-order valence-corrected chi connectivity index (χ1v) is 11.1. The predicted molar refractivity (Wildman–Crippen MR) is 104 cm³/mol. The summed E-state index contributed by atoms with van der Waals surface area (Å²) in [6.07, 6.45) is 1.17. The lowest BCUT2D eigenvalue weighted by Gasteiger charge is -2.14. The predicted octanol–water partition coefficient (Wildman–Crippen LogP) is 3.46. The lowest BCUT2D eigenvalue weighted by Crippen LogP contribution is -2.28. The van der Waals surface area contributed by atoms with Gasteiger partial charge in [0.1, 0.15) is 5.75 Å². The van der Waals surface area contributed by atoms with Crippen LogP contribution in [0.4, 0.5) is 0 Å². The van der Waals surface area contributed by atoms with Crippen LogP contribution in [-0.4, -0.2) is 32.9 Å². The second-order valence-electron chi connectivity index (χ2n) is 5.82. The van der Waals surface area contributed by atoms with Crippen molar-refractivity contribution in [1.29, 1.82) is 0 Å². The summed E-state index contributed by atoms with van der Waals surface area (Å²) in [7, 11) is -3.21. The minimum Gasteiger partial charge on any atom is -0.494 e. The first-order chi connectivity index (χ1) is 12.3. The Morgan fingerprint density at radius 3 is 2.27 bits per heavy atom. The zero-order chi connectivity index (χ0) is 19.2. The van der Waals surface area contributed by atoms with Gasteiger partial charge >= 0.3 is 0 Å². The second kappa shape index (κ2) is 9.09. The van der Waals surface area contributed by atoms with E-state index < -0.39 is 9.84 Å². The van der Waals surface area contributed by atoms with Gasteiger partial charge in [0, 0.05) is 11.2 Å². The third-order valence-electron chi connectivity index (χ3n) is 3.69. The number of sulfone groups is 1. The highest BCUT2D eigenvalue weighted by Crippen LogP contribution is 2.22. The normalized spacial score (nSPS) is 12.4. The molecular weight excluding hydrogens is 370 g/mol. The third-order valence-corrected chi connectivity index (χ3v) is 5.83. The van der Waals surface area contributed by atoms with Crippen molar-refractivity contribution in [2.24, 2.45) is 0 Å². The van der Waals surface area contributed by atoms with Crippen molar-refractivity contribution < 1.29 is 17.9 Å². The number of thioether (sulfide) groups is 1. The highest BCUT2D eigenvalue weighted by molar-refractivity contribution is 8.00. The van der Waals surface area contributed by atoms with Gasteiger partial charge in [-0.25, -0.2) is 8.42 Å². The van der Waals surface area contributed by atoms with E-state index in [0.29, 0.717) is 12.4 Å². The molecule has 0 heterocycles. The average Bonchev–Trinajstić information content (AvgIpc) is 2.61. The molecule has 140 valence electrons. The summed E-state index contributed by atoms with van der Waals surface area (Å²) in [6, 6.07) is 14.0. The number of benzene rings is 2. The molecule has 5 nitrogen and oxygen atoms in total. The SMILES string of the molecule is CCOc1ccc(SCC(=O)N[C@H](C)c2ccc(S(C)(=O)=O)cc2)cc1. The summed E-state index contributed by atoms with van der Waals surface area (Å²) in [5.41, 5.74) is 0.858. The van der Waals surface area contributed by atoms with Crippen molar-refractivity contribution in [3.8, 4) is 5.75 Å². The number of carbonyl (C=O) groups is 1. The maximum absolute atomic E-state index is 12.1. The fourth-order valence-corrected chi connectivity index (χ4v) is 3.66. The molecule has 1 N–H and O–H groups in total. The molecule has 0 unspecified atom stereocenters. The van der Waals surface area contributed by atoms with E-state index >= 15 is 0 Å². The summed E-state index contributed by atoms with van der Waals surface area (Å²) in [4.78, 5) is 13.4. The minimum atomic E-state index is -3.21. The Morgan fingerprint density at radius 2 is 1.73 bits per heavy atom. The van der Waals surface area contributed by atoms with E-state index in [1.54, 1.807) is 24.3 Å². The van der Waals surface area contributed by atoms with Crippen LogP contribution in [0.15, 0.2) is 58.3 Å². The maximum Gasteiger partial charge on any atom is 0.230 e. The average molecular weight is 394 g/mol. The second-order valence-corrected chi connectivity index (χ2v) is 8.89. The number of nitrogens with one attached hydrogen (secondary N) is 1. The van der Waals surface area contributed by atoms with Gasteiger partial charge in [-0.1, -0.05) is 12.1 Å². The van der Waals surface area contributed by atoms with E-state index in [4.69, 9.17) is 4.74 Å². The zero-order valence-electron chi connectivity index (χ0n) is 15.1. The van der Waals surface area contributed by atoms with Crippen LogP contribution < -0.4 is 10.1 Å². The highest BCUT2D eigenvalue weighted by Gasteiger charge is 2.12. The lowest BCUT2D eigenvalue weighted by molar-refractivity contribution is -0.119. The Bertz CT molecular complexity index is 831. The van der Waals surface area contributed by atoms with Crippen molar-refractivity contribution in [2.75, 3.05) is 18.6 Å². The van der Waals surface area contributed by atoms with Gasteiger partial charge in [0.2, 0.25) is 5.91 Å². The molecular formula is C19H23NO4S2. The monoisotopic (exact) mass is 393 g/mol. The van der Waals surface area contributed by atoms with Crippen LogP contribution >= 0.6 is 11.8 Å². The van der Waals surface area contributed by atoms with Crippen LogP contribution in [0.2, 0.25) is 0 Å². The van der Waals surface area contributed by atoms with Gasteiger partial charge in [0.15, 0.2) is 9.84 Å². The molecule has 0 bridgehead atoms. The molecule has 0 aliphatic rings. The van der Waals surface area contributed by atoms with Crippen molar-refractivity contribution in [2.45, 2.75) is 29.7 Å². The lowest BCUT2D eigenvalue weighted by atomic mass is 10.1. The molecule has 0 saturated heterocycles. The number of rotatable bonds is 8. The number of amides is 1. The van der Waals surface area contributed by atoms with Crippen LogP contribution in [0.1, 0.15) is 25.5 Å². The van der Waals surface area contributed by atoms with Gasteiger partial charge in [-0.3, -0.25) is 4.79 Å². The molecule has 0 aliphatic heterocycles. The van der Waals surface area contributed by atoms with Crippen molar-refractivity contribution in [3.63, 3.8) is 0 Å². The quantitative estimate of drug-likeness (QED) is 0.696. The van der Waals surface area contributed by atoms with Crippen molar-refractivity contribution >= 4 is 27.5 Å². The first-order valence-electron chi connectivity index (χ1n) is 8.24. The van der Waals surface area contributed by atoms with Gasteiger partial charge < -0.3 is 10.1 Å². The Morgan fingerprint density at radius 1 is 1.12 bits per heavy atom. The molecule has 0 spiro atoms. The molecule has 0 radical (unpaired) electrons. The van der Waals surface area contributed by atoms with E-state index in [9.17, 15) is 13.2 Å². The van der Waals surface area contributed by atoms with Gasteiger partial charge in [0.25, 0.3) is 0 Å². The Kier molecular flexibility index (Phi) is 7.11. The molecule has 2 aromatic rings. The van der Waals surface area contributed by atoms with Gasteiger partial charge in [0.05, 0.1) is 23.3 Å². The van der Waals surface area contributed by atoms with Crippen LogP contribution in [0, 0.1) is 0 Å². The van der Waals surface area contributed by atoms with Crippen molar-refractivity contribution in [3.05, 3.63) is 54.1 Å². The summed E-state index contributed by atoms with van der Waals surface area (Å²) >= 11 is 1.45. The molecule has 0 aromatic heterocycles. The molecule has 0 aliphatic carbocycles. The molecule has 0 saturated carbocycles. The zero-order valence-corrected chi connectivity index (χ0v) is 16.7. The van der Waals surface area contributed by atoms with Crippen molar-refractivity contribution in [1.82, 2.24) is 5.32 Å². The Labute approximate surface area is 159 Å². The number of hydrogen-bond acceptors (Lipinski definition) is 5. The highest BCUT2D eigenvalue weighted by atomic mass is 32.2. The smallest absolute Gasteiger partial charge is 0.230 e. The third kappa shape index (κ3) is 6.07. The molecule has 2 aromatic carbocycles. The standard InChI is InChI=1S/C19H23NO4S2/c1-4-24-16-7-9-17(10-8-16)25-13-19(21)20-14(2)15-5-11-18(12-6-15)26(3,22)23/h5-12,14H,4,13H2,1-3H3,(H,20,21)/t14-/m1/s1. The topological polar surface area (TPSA) is 72.5 Å². The van der Waals surface area contributed by atoms with E-state index in [2.05, 4.69) is 5.32 Å². The number of hydrogen-bond donors (Lipinski definition) is 1. The largest absolute Gasteiger partial charge is 0.494 e. The fraction of sp³-hybridized carbons (Fsp3) is 0.316. The van der Waals surface area contributed by atoms with E-state index in [1.165, 1.54) is 18.0 Å². The Balaban J connectivity index is 1.86. The first kappa shape index (κ1) is 20.3. The fourth-order valence-electron chi connectivity index (χ4n) is 2.32. The summed E-state index contributed by atoms with van der Waals surface area (Å²) < 4.78 is 28.4. The molecule has 26 heavy (non-hydrogen) atoms. The van der Waals surface area contributed by atoms with Crippen LogP contribution in [-0.2, 0) is 14.6 Å². The maximum atomic E-state index is 12.1. The van der Waals surface area contributed by atoms with Crippen LogP contribution in [0.25, 0.3) is 0 Å². The molecule has 1 atom stereocenters. The molecule has 7 heteroatoms.